The summed E-state index contributed by atoms with van der Waals surface area (Å²) in [7, 11) is 0. The molecule has 0 heterocycles. The minimum atomic E-state index is -0.945. The zero-order valence-corrected chi connectivity index (χ0v) is 16.9. The molecule has 0 N–H and O–H groups in total. The number of halogens is 3. The first-order valence-corrected chi connectivity index (χ1v) is 10.2. The molecule has 0 unspecified atom stereocenters. The molecule has 2 nitrogen and oxygen atoms in total. The van der Waals surface area contributed by atoms with Crippen molar-refractivity contribution in [2.75, 3.05) is 13.2 Å². The highest BCUT2D eigenvalue weighted by atomic mass is 19.2. The highest BCUT2D eigenvalue weighted by Gasteiger charge is 2.24. The third-order valence-electron chi connectivity index (χ3n) is 5.47. The summed E-state index contributed by atoms with van der Waals surface area (Å²) >= 11 is 0. The van der Waals surface area contributed by atoms with Crippen LogP contribution in [0.2, 0.25) is 0 Å². The van der Waals surface area contributed by atoms with Gasteiger partial charge in [-0.25, -0.2) is 8.78 Å². The lowest BCUT2D eigenvalue weighted by atomic mass is 9.79. The van der Waals surface area contributed by atoms with Crippen molar-refractivity contribution < 1.29 is 22.6 Å². The Morgan fingerprint density at radius 3 is 2.31 bits per heavy atom. The highest BCUT2D eigenvalue weighted by Crippen LogP contribution is 2.37. The minimum absolute atomic E-state index is 0.0496. The van der Waals surface area contributed by atoms with E-state index in [-0.39, 0.29) is 28.8 Å². The second-order valence-electron chi connectivity index (χ2n) is 7.43. The van der Waals surface area contributed by atoms with E-state index in [2.05, 4.69) is 0 Å². The monoisotopic (exact) mass is 404 g/mol. The Morgan fingerprint density at radius 2 is 1.66 bits per heavy atom. The van der Waals surface area contributed by atoms with Crippen LogP contribution in [0, 0.1) is 23.4 Å². The molecular weight excluding hydrogens is 377 g/mol. The van der Waals surface area contributed by atoms with E-state index in [1.54, 1.807) is 25.1 Å². The van der Waals surface area contributed by atoms with Crippen molar-refractivity contribution >= 4 is 6.08 Å². The largest absolute Gasteiger partial charge is 0.491 e. The van der Waals surface area contributed by atoms with Gasteiger partial charge in [-0.05, 0) is 81.2 Å². The van der Waals surface area contributed by atoms with Gasteiger partial charge in [-0.15, -0.1) is 0 Å². The van der Waals surface area contributed by atoms with Gasteiger partial charge in [0.25, 0.3) is 0 Å². The van der Waals surface area contributed by atoms with Gasteiger partial charge in [0.2, 0.25) is 5.82 Å². The standard InChI is InChI=1S/C24H27F3O2/c1-3-5-18-10-13-22(24(27)23(18)26)29-15-16-6-8-17(9-7-16)19-11-12-21(28-4-2)20(25)14-19/h3,5,10-14,16-17H,4,6-9,15H2,1-2H3. The van der Waals surface area contributed by atoms with E-state index in [4.69, 9.17) is 9.47 Å². The van der Waals surface area contributed by atoms with Crippen LogP contribution in [-0.4, -0.2) is 13.2 Å². The fraction of sp³-hybridized carbons (Fsp3) is 0.417. The lowest BCUT2D eigenvalue weighted by Gasteiger charge is -2.29. The Kier molecular flexibility index (Phi) is 7.24. The molecule has 0 atom stereocenters. The normalized spacial score (nSPS) is 19.5. The first-order chi connectivity index (χ1) is 14.0. The Hall–Kier alpha value is -2.43. The molecule has 5 heteroatoms. The van der Waals surface area contributed by atoms with Crippen molar-refractivity contribution in [1.82, 2.24) is 0 Å². The van der Waals surface area contributed by atoms with Crippen LogP contribution in [0.5, 0.6) is 11.5 Å². The van der Waals surface area contributed by atoms with E-state index in [1.807, 2.05) is 13.0 Å². The van der Waals surface area contributed by atoms with Crippen molar-refractivity contribution in [1.29, 1.82) is 0 Å². The molecular formula is C24H27F3O2. The van der Waals surface area contributed by atoms with Gasteiger partial charge in [0.15, 0.2) is 23.1 Å². The first-order valence-electron chi connectivity index (χ1n) is 10.2. The summed E-state index contributed by atoms with van der Waals surface area (Å²) in [6, 6.07) is 8.18. The number of hydrogen-bond donors (Lipinski definition) is 0. The maximum atomic E-state index is 14.2. The van der Waals surface area contributed by atoms with Gasteiger partial charge in [-0.2, -0.15) is 4.39 Å². The Balaban J connectivity index is 1.54. The van der Waals surface area contributed by atoms with Crippen LogP contribution >= 0.6 is 0 Å². The van der Waals surface area contributed by atoms with Gasteiger partial charge < -0.3 is 9.47 Å². The molecule has 0 aromatic heterocycles. The summed E-state index contributed by atoms with van der Waals surface area (Å²) < 4.78 is 53.1. The fourth-order valence-corrected chi connectivity index (χ4v) is 3.88. The first kappa shape index (κ1) is 21.3. The van der Waals surface area contributed by atoms with Gasteiger partial charge in [0.1, 0.15) is 0 Å². The molecule has 0 radical (unpaired) electrons. The molecule has 1 fully saturated rings. The summed E-state index contributed by atoms with van der Waals surface area (Å²) in [6.07, 6.45) is 6.82. The van der Waals surface area contributed by atoms with Crippen molar-refractivity contribution in [3.8, 4) is 11.5 Å². The third-order valence-corrected chi connectivity index (χ3v) is 5.47. The van der Waals surface area contributed by atoms with Crippen LogP contribution < -0.4 is 9.47 Å². The van der Waals surface area contributed by atoms with Crippen LogP contribution in [0.4, 0.5) is 13.2 Å². The SMILES string of the molecule is CC=Cc1ccc(OCC2CCC(c3ccc(OCC)c(F)c3)CC2)c(F)c1F. The molecule has 3 rings (SSSR count). The van der Waals surface area contributed by atoms with Gasteiger partial charge in [0.05, 0.1) is 13.2 Å². The molecule has 0 spiro atoms. The maximum Gasteiger partial charge on any atom is 0.201 e. The summed E-state index contributed by atoms with van der Waals surface area (Å²) in [6.45, 7) is 4.36. The molecule has 0 bridgehead atoms. The minimum Gasteiger partial charge on any atom is -0.491 e. The Bertz CT molecular complexity index is 855. The Morgan fingerprint density at radius 1 is 0.931 bits per heavy atom. The average molecular weight is 404 g/mol. The predicted octanol–water partition coefficient (Wildman–Crippen LogP) is 6.89. The second-order valence-corrected chi connectivity index (χ2v) is 7.43. The van der Waals surface area contributed by atoms with Crippen molar-refractivity contribution in [2.24, 2.45) is 5.92 Å². The topological polar surface area (TPSA) is 18.5 Å². The number of ether oxygens (including phenoxy) is 2. The van der Waals surface area contributed by atoms with Crippen molar-refractivity contribution in [2.45, 2.75) is 45.4 Å². The summed E-state index contributed by atoms with van der Waals surface area (Å²) in [5.74, 6) is -1.35. The molecule has 1 aliphatic rings. The zero-order valence-electron chi connectivity index (χ0n) is 16.9. The molecule has 2 aromatic carbocycles. The fourth-order valence-electron chi connectivity index (χ4n) is 3.88. The van der Waals surface area contributed by atoms with Gasteiger partial charge >= 0.3 is 0 Å². The molecule has 29 heavy (non-hydrogen) atoms. The van der Waals surface area contributed by atoms with E-state index in [1.165, 1.54) is 18.2 Å². The van der Waals surface area contributed by atoms with Crippen molar-refractivity contribution in [3.05, 3.63) is 65.0 Å². The highest BCUT2D eigenvalue weighted by molar-refractivity contribution is 5.51. The van der Waals surface area contributed by atoms with Gasteiger partial charge in [-0.1, -0.05) is 18.2 Å². The lowest BCUT2D eigenvalue weighted by molar-refractivity contribution is 0.192. The van der Waals surface area contributed by atoms with E-state index in [0.717, 1.165) is 31.2 Å². The summed E-state index contributed by atoms with van der Waals surface area (Å²) in [5, 5.41) is 0. The van der Waals surface area contributed by atoms with E-state index < -0.39 is 11.6 Å². The molecule has 2 aromatic rings. The lowest BCUT2D eigenvalue weighted by Crippen LogP contribution is -2.19. The smallest absolute Gasteiger partial charge is 0.201 e. The van der Waals surface area contributed by atoms with E-state index in [9.17, 15) is 13.2 Å². The quantitative estimate of drug-likeness (QED) is 0.500. The Labute approximate surface area is 170 Å². The molecule has 1 aliphatic carbocycles. The van der Waals surface area contributed by atoms with Crippen LogP contribution in [0.1, 0.15) is 56.6 Å². The summed E-state index contributed by atoms with van der Waals surface area (Å²) in [5.41, 5.74) is 1.19. The molecule has 156 valence electrons. The van der Waals surface area contributed by atoms with Crippen molar-refractivity contribution in [3.63, 3.8) is 0 Å². The predicted molar refractivity (Wildman–Crippen MR) is 109 cm³/mol. The maximum absolute atomic E-state index is 14.2. The number of allylic oxidation sites excluding steroid dienone is 1. The molecule has 1 saturated carbocycles. The number of rotatable bonds is 7. The zero-order chi connectivity index (χ0) is 20.8. The molecule has 0 amide bonds. The molecule has 0 saturated heterocycles. The third kappa shape index (κ3) is 5.14. The van der Waals surface area contributed by atoms with Crippen LogP contribution in [-0.2, 0) is 0 Å². The van der Waals surface area contributed by atoms with Gasteiger partial charge in [0, 0.05) is 5.56 Å². The second kappa shape index (κ2) is 9.86. The summed E-state index contributed by atoms with van der Waals surface area (Å²) in [4.78, 5) is 0. The van der Waals surface area contributed by atoms with Crippen LogP contribution in [0.25, 0.3) is 6.08 Å². The average Bonchev–Trinajstić information content (AvgIpc) is 2.73. The van der Waals surface area contributed by atoms with Crippen LogP contribution in [0.3, 0.4) is 0 Å². The van der Waals surface area contributed by atoms with E-state index in [0.29, 0.717) is 19.1 Å². The number of benzene rings is 2. The number of hydrogen-bond acceptors (Lipinski definition) is 2. The van der Waals surface area contributed by atoms with Crippen LogP contribution in [0.15, 0.2) is 36.4 Å². The molecule has 0 aliphatic heterocycles. The van der Waals surface area contributed by atoms with E-state index >= 15 is 0 Å². The van der Waals surface area contributed by atoms with Gasteiger partial charge in [-0.3, -0.25) is 0 Å².